The quantitative estimate of drug-likeness (QED) is 0.359. The van der Waals surface area contributed by atoms with E-state index in [-0.39, 0.29) is 29.4 Å². The number of Topliss-reactive ketones (excluding diaryl/α,β-unsaturated/α-hetero) is 1. The van der Waals surface area contributed by atoms with Crippen molar-refractivity contribution in [3.05, 3.63) is 124 Å². The van der Waals surface area contributed by atoms with E-state index in [1.54, 1.807) is 38.1 Å². The number of hydrogen-bond donors (Lipinski definition) is 1. The first-order valence-electron chi connectivity index (χ1n) is 13.0. The lowest BCUT2D eigenvalue weighted by Gasteiger charge is -2.35. The fourth-order valence-corrected chi connectivity index (χ4v) is 6.19. The largest absolute Gasteiger partial charge is 0.463 e. The molecule has 0 radical (unpaired) electrons. The van der Waals surface area contributed by atoms with Gasteiger partial charge < -0.3 is 14.6 Å². The predicted octanol–water partition coefficient (Wildman–Crippen LogP) is 5.28. The van der Waals surface area contributed by atoms with E-state index in [0.29, 0.717) is 45.1 Å². The molecule has 0 saturated heterocycles. The Balaban J connectivity index is 1.67. The summed E-state index contributed by atoms with van der Waals surface area (Å²) >= 11 is 0. The van der Waals surface area contributed by atoms with Crippen LogP contribution in [0.25, 0.3) is 11.4 Å². The van der Waals surface area contributed by atoms with Gasteiger partial charge in [0, 0.05) is 22.4 Å². The predicted molar refractivity (Wildman–Crippen MR) is 148 cm³/mol. The van der Waals surface area contributed by atoms with E-state index in [1.165, 1.54) is 4.90 Å². The monoisotopic (exact) mass is 529 g/mol. The molecular formula is C32H23N3O5. The molecule has 2 aliphatic heterocycles. The van der Waals surface area contributed by atoms with Crippen LogP contribution in [0.5, 0.6) is 0 Å². The maximum atomic E-state index is 15.2. The number of hydrogen-bond acceptors (Lipinski definition) is 7. The van der Waals surface area contributed by atoms with Crippen LogP contribution in [0.1, 0.15) is 39.7 Å². The number of nitrogens with zero attached hydrogens (tertiary/aromatic N) is 2. The van der Waals surface area contributed by atoms with Crippen molar-refractivity contribution in [1.29, 1.82) is 0 Å². The number of aryl methyl sites for hydroxylation is 1. The summed E-state index contributed by atoms with van der Waals surface area (Å²) in [5, 5.41) is 7.47. The standard InChI is InChI=1S/C32H23N3O5/c1-3-39-30(37)25-27(19-12-6-4-7-13-19)35(20-14-8-5-9-15-20)31(38)32(25)23-18(2)40-34-29(23)33-26-21-16-10-11-17-22(21)28(36)24(26)32/h4-17H,3H2,1-2H3,(H,33,34). The molecule has 0 saturated carbocycles. The molecule has 1 unspecified atom stereocenters. The van der Waals surface area contributed by atoms with Crippen LogP contribution < -0.4 is 10.2 Å². The van der Waals surface area contributed by atoms with Crippen molar-refractivity contribution in [2.24, 2.45) is 0 Å². The van der Waals surface area contributed by atoms with Gasteiger partial charge in [0.1, 0.15) is 11.2 Å². The van der Waals surface area contributed by atoms with E-state index in [4.69, 9.17) is 9.26 Å². The van der Waals surface area contributed by atoms with Gasteiger partial charge in [0.2, 0.25) is 0 Å². The van der Waals surface area contributed by atoms with Crippen LogP contribution in [0.2, 0.25) is 0 Å². The summed E-state index contributed by atoms with van der Waals surface area (Å²) in [6.07, 6.45) is 0. The van der Waals surface area contributed by atoms with Gasteiger partial charge in [-0.15, -0.1) is 0 Å². The smallest absolute Gasteiger partial charge is 0.337 e. The molecule has 196 valence electrons. The van der Waals surface area contributed by atoms with Crippen molar-refractivity contribution in [3.63, 3.8) is 0 Å². The Morgan fingerprint density at radius 3 is 2.30 bits per heavy atom. The van der Waals surface area contributed by atoms with E-state index in [0.717, 1.165) is 0 Å². The van der Waals surface area contributed by atoms with Gasteiger partial charge in [0.25, 0.3) is 5.91 Å². The Kier molecular flexibility index (Phi) is 5.15. The molecule has 1 N–H and O–H groups in total. The average Bonchev–Trinajstić information content (AvgIpc) is 3.59. The van der Waals surface area contributed by atoms with Crippen LogP contribution >= 0.6 is 0 Å². The second-order valence-electron chi connectivity index (χ2n) is 9.75. The summed E-state index contributed by atoms with van der Waals surface area (Å²) in [5.41, 5.74) is 1.68. The Bertz CT molecular complexity index is 1800. The van der Waals surface area contributed by atoms with Gasteiger partial charge in [-0.3, -0.25) is 14.5 Å². The average molecular weight is 530 g/mol. The topological polar surface area (TPSA) is 102 Å². The van der Waals surface area contributed by atoms with Crippen LogP contribution in [0.15, 0.2) is 101 Å². The lowest BCUT2D eigenvalue weighted by Crippen LogP contribution is -2.48. The van der Waals surface area contributed by atoms with Crippen LogP contribution in [0.3, 0.4) is 0 Å². The third-order valence-electron chi connectivity index (χ3n) is 7.67. The number of carbonyl (C=O) groups is 3. The van der Waals surface area contributed by atoms with Gasteiger partial charge in [-0.25, -0.2) is 4.79 Å². The lowest BCUT2D eigenvalue weighted by molar-refractivity contribution is -0.140. The molecule has 1 aliphatic carbocycles. The Hall–Kier alpha value is -5.24. The zero-order chi connectivity index (χ0) is 27.6. The number of para-hydroxylation sites is 1. The highest BCUT2D eigenvalue weighted by Gasteiger charge is 2.66. The third-order valence-corrected chi connectivity index (χ3v) is 7.67. The molecule has 1 aromatic heterocycles. The van der Waals surface area contributed by atoms with Crippen molar-refractivity contribution in [1.82, 2.24) is 5.16 Å². The van der Waals surface area contributed by atoms with Gasteiger partial charge >= 0.3 is 5.97 Å². The summed E-state index contributed by atoms with van der Waals surface area (Å²) in [7, 11) is 0. The molecule has 40 heavy (non-hydrogen) atoms. The number of nitrogens with one attached hydrogen (secondary N) is 1. The number of rotatable bonds is 4. The molecule has 0 bridgehead atoms. The summed E-state index contributed by atoms with van der Waals surface area (Å²) in [6.45, 7) is 3.46. The first-order valence-corrected chi connectivity index (χ1v) is 13.0. The van der Waals surface area contributed by atoms with E-state index in [9.17, 15) is 9.59 Å². The molecule has 4 aromatic rings. The van der Waals surface area contributed by atoms with Crippen LogP contribution in [-0.2, 0) is 19.7 Å². The maximum Gasteiger partial charge on any atom is 0.337 e. The molecule has 3 aliphatic rings. The van der Waals surface area contributed by atoms with Crippen molar-refractivity contribution >= 4 is 40.6 Å². The van der Waals surface area contributed by atoms with Gasteiger partial charge in [-0.05, 0) is 31.5 Å². The number of carbonyl (C=O) groups excluding carboxylic acids is 3. The molecule has 3 heterocycles. The number of amides is 1. The van der Waals surface area contributed by atoms with E-state index >= 15 is 4.79 Å². The first-order chi connectivity index (χ1) is 19.5. The van der Waals surface area contributed by atoms with E-state index in [2.05, 4.69) is 10.5 Å². The van der Waals surface area contributed by atoms with Crippen molar-refractivity contribution in [2.75, 3.05) is 16.8 Å². The molecule has 1 atom stereocenters. The van der Waals surface area contributed by atoms with Gasteiger partial charge in [0.05, 0.1) is 29.1 Å². The van der Waals surface area contributed by atoms with Crippen molar-refractivity contribution in [2.45, 2.75) is 19.3 Å². The van der Waals surface area contributed by atoms with Crippen LogP contribution in [0.4, 0.5) is 11.5 Å². The number of ketones is 1. The second kappa shape index (κ2) is 8.64. The lowest BCUT2D eigenvalue weighted by atomic mass is 9.66. The maximum absolute atomic E-state index is 15.2. The number of ether oxygens (including phenoxy) is 1. The molecular weight excluding hydrogens is 506 g/mol. The molecule has 0 fully saturated rings. The molecule has 1 amide bonds. The van der Waals surface area contributed by atoms with Gasteiger partial charge in [-0.1, -0.05) is 78.0 Å². The zero-order valence-electron chi connectivity index (χ0n) is 21.7. The summed E-state index contributed by atoms with van der Waals surface area (Å²) in [5.74, 6) is -0.934. The summed E-state index contributed by atoms with van der Waals surface area (Å²) < 4.78 is 11.3. The first kappa shape index (κ1) is 23.8. The summed E-state index contributed by atoms with van der Waals surface area (Å²) in [6, 6.07) is 25.4. The third kappa shape index (κ3) is 2.95. The minimum absolute atomic E-state index is 0.0529. The highest BCUT2D eigenvalue weighted by molar-refractivity contribution is 6.36. The number of anilines is 2. The Morgan fingerprint density at radius 1 is 0.950 bits per heavy atom. The highest BCUT2D eigenvalue weighted by Crippen LogP contribution is 2.60. The number of benzene rings is 3. The molecule has 8 heteroatoms. The van der Waals surface area contributed by atoms with Crippen molar-refractivity contribution < 1.29 is 23.6 Å². The molecule has 3 aromatic carbocycles. The normalized spacial score (nSPS) is 19.1. The Labute approximate surface area is 229 Å². The fourth-order valence-electron chi connectivity index (χ4n) is 6.19. The number of fused-ring (bicyclic) bond motifs is 5. The summed E-state index contributed by atoms with van der Waals surface area (Å²) in [4.78, 5) is 45.2. The second-order valence-corrected chi connectivity index (χ2v) is 9.75. The molecule has 7 rings (SSSR count). The van der Waals surface area contributed by atoms with Gasteiger partial charge in [0.15, 0.2) is 11.6 Å². The molecule has 8 nitrogen and oxygen atoms in total. The van der Waals surface area contributed by atoms with Crippen LogP contribution in [0, 0.1) is 6.92 Å². The number of esters is 1. The van der Waals surface area contributed by atoms with E-state index < -0.39 is 17.3 Å². The zero-order valence-corrected chi connectivity index (χ0v) is 21.7. The van der Waals surface area contributed by atoms with Gasteiger partial charge in [-0.2, -0.15) is 0 Å². The minimum atomic E-state index is -1.87. The fraction of sp³-hybridized carbons (Fsp3) is 0.125. The number of aromatic nitrogens is 1. The van der Waals surface area contributed by atoms with E-state index in [1.807, 2.05) is 60.7 Å². The Morgan fingerprint density at radius 2 is 1.60 bits per heavy atom. The van der Waals surface area contributed by atoms with Crippen molar-refractivity contribution in [3.8, 4) is 0 Å². The minimum Gasteiger partial charge on any atom is -0.463 e. The SMILES string of the molecule is CCOC(=O)C1=C(c2ccccc2)N(c2ccccc2)C(=O)C12C1=C(Nc3noc(C)c32)c2ccccc2C1=O. The molecule has 1 spiro atoms. The van der Waals surface area contributed by atoms with Crippen LogP contribution in [-0.4, -0.2) is 29.4 Å². The highest BCUT2D eigenvalue weighted by atomic mass is 16.5.